The minimum atomic E-state index is -0.904. The summed E-state index contributed by atoms with van der Waals surface area (Å²) >= 11 is 6.37. The number of urea groups is 1. The number of carbonyl (C=O) groups is 1. The molecule has 2 aromatic rings. The fourth-order valence-electron chi connectivity index (χ4n) is 2.56. The normalized spacial score (nSPS) is 20.8. The van der Waals surface area contributed by atoms with Crippen molar-refractivity contribution >= 4 is 29.0 Å². The second-order valence-corrected chi connectivity index (χ2v) is 5.11. The number of hydrogen-bond acceptors (Lipinski definition) is 2. The summed E-state index contributed by atoms with van der Waals surface area (Å²) in [4.78, 5) is 13.3. The minimum absolute atomic E-state index is 0.558. The topological polar surface area (TPSA) is 66.6 Å². The third kappa shape index (κ3) is 1.85. The molecule has 2 atom stereocenters. The molecule has 1 aliphatic heterocycles. The molecule has 0 spiro atoms. The molecule has 20 heavy (non-hydrogen) atoms. The quantitative estimate of drug-likeness (QED) is 0.731. The lowest BCUT2D eigenvalue weighted by atomic mass is 10.0. The number of rotatable bonds is 0. The van der Waals surface area contributed by atoms with Crippen molar-refractivity contribution in [2.75, 3.05) is 4.90 Å². The number of alkyl halides is 1. The van der Waals surface area contributed by atoms with Crippen LogP contribution in [0.1, 0.15) is 22.6 Å². The zero-order chi connectivity index (χ0) is 14.3. The molecule has 0 fully saturated rings. The Morgan fingerprint density at radius 1 is 1.05 bits per heavy atom. The van der Waals surface area contributed by atoms with E-state index in [1.54, 1.807) is 42.5 Å². The van der Waals surface area contributed by atoms with Crippen molar-refractivity contribution < 1.29 is 9.90 Å². The van der Waals surface area contributed by atoms with Crippen LogP contribution in [-0.2, 0) is 0 Å². The summed E-state index contributed by atoms with van der Waals surface area (Å²) in [6.07, 6.45) is -0.904. The molecule has 0 saturated heterocycles. The van der Waals surface area contributed by atoms with E-state index in [0.717, 1.165) is 0 Å². The van der Waals surface area contributed by atoms with Gasteiger partial charge < -0.3 is 10.8 Å². The molecule has 1 heterocycles. The Hall–Kier alpha value is -2.04. The maximum atomic E-state index is 11.9. The average Bonchev–Trinajstić information content (AvgIpc) is 2.55. The number of nitrogens with two attached hydrogens (primary N) is 1. The van der Waals surface area contributed by atoms with Gasteiger partial charge in [0.2, 0.25) is 0 Å². The van der Waals surface area contributed by atoms with Gasteiger partial charge in [-0.15, -0.1) is 11.6 Å². The van der Waals surface area contributed by atoms with Crippen molar-refractivity contribution in [2.24, 2.45) is 5.73 Å². The van der Waals surface area contributed by atoms with Crippen molar-refractivity contribution in [3.05, 3.63) is 59.7 Å². The van der Waals surface area contributed by atoms with Crippen LogP contribution >= 0.6 is 11.6 Å². The third-order valence-electron chi connectivity index (χ3n) is 3.47. The molecule has 3 N–H and O–H groups in total. The van der Waals surface area contributed by atoms with Crippen LogP contribution in [0.25, 0.3) is 0 Å². The minimum Gasteiger partial charge on any atom is -0.386 e. The molecular formula is C15H13ClN2O2. The predicted molar refractivity (Wildman–Crippen MR) is 78.2 cm³/mol. The summed E-state index contributed by atoms with van der Waals surface area (Å²) in [6, 6.07) is 13.6. The first-order valence-electron chi connectivity index (χ1n) is 6.21. The van der Waals surface area contributed by atoms with E-state index in [4.69, 9.17) is 17.3 Å². The second-order valence-electron chi connectivity index (χ2n) is 4.64. The zero-order valence-electron chi connectivity index (χ0n) is 10.5. The Balaban J connectivity index is 2.33. The first kappa shape index (κ1) is 13.0. The van der Waals surface area contributed by atoms with Crippen LogP contribution in [0.3, 0.4) is 0 Å². The van der Waals surface area contributed by atoms with Crippen LogP contribution in [-0.4, -0.2) is 11.1 Å². The maximum absolute atomic E-state index is 11.9. The summed E-state index contributed by atoms with van der Waals surface area (Å²) < 4.78 is 0. The van der Waals surface area contributed by atoms with Gasteiger partial charge in [-0.3, -0.25) is 4.90 Å². The van der Waals surface area contributed by atoms with Gasteiger partial charge in [-0.2, -0.15) is 0 Å². The summed E-state index contributed by atoms with van der Waals surface area (Å²) in [5.41, 5.74) is 7.94. The number of hydrogen-bond donors (Lipinski definition) is 2. The Kier molecular flexibility index (Phi) is 3.12. The number of para-hydroxylation sites is 2. The summed E-state index contributed by atoms with van der Waals surface area (Å²) in [7, 11) is 0. The number of nitrogens with zero attached hydrogens (tertiary/aromatic N) is 1. The van der Waals surface area contributed by atoms with Crippen LogP contribution in [0.2, 0.25) is 0 Å². The van der Waals surface area contributed by atoms with Crippen LogP contribution in [0.4, 0.5) is 16.2 Å². The molecule has 0 saturated carbocycles. The lowest BCUT2D eigenvalue weighted by Gasteiger charge is -2.22. The number of benzene rings is 2. The SMILES string of the molecule is NC(=O)N1c2ccccc2C(O)C(Cl)c2ccccc21. The van der Waals surface area contributed by atoms with Gasteiger partial charge in [0.25, 0.3) is 0 Å². The second kappa shape index (κ2) is 4.81. The van der Waals surface area contributed by atoms with Crippen molar-refractivity contribution in [1.29, 1.82) is 0 Å². The highest BCUT2D eigenvalue weighted by molar-refractivity contribution is 6.22. The number of primary amides is 1. The largest absolute Gasteiger partial charge is 0.386 e. The van der Waals surface area contributed by atoms with E-state index in [1.165, 1.54) is 4.90 Å². The molecule has 3 rings (SSSR count). The Bertz CT molecular complexity index is 623. The first-order chi connectivity index (χ1) is 9.61. The molecule has 1 aliphatic rings. The Morgan fingerprint density at radius 3 is 2.15 bits per heavy atom. The number of fused-ring (bicyclic) bond motifs is 2. The number of anilines is 2. The highest BCUT2D eigenvalue weighted by Gasteiger charge is 2.33. The van der Waals surface area contributed by atoms with Crippen molar-refractivity contribution in [2.45, 2.75) is 11.5 Å². The summed E-state index contributed by atoms with van der Waals surface area (Å²) in [5.74, 6) is 0. The molecule has 5 heteroatoms. The van der Waals surface area contributed by atoms with E-state index in [2.05, 4.69) is 0 Å². The van der Waals surface area contributed by atoms with E-state index in [9.17, 15) is 9.90 Å². The lowest BCUT2D eigenvalue weighted by Crippen LogP contribution is -2.32. The molecule has 0 aliphatic carbocycles. The number of carbonyl (C=O) groups excluding carboxylic acids is 1. The van der Waals surface area contributed by atoms with Crippen LogP contribution in [0, 0.1) is 0 Å². The van der Waals surface area contributed by atoms with Gasteiger partial charge in [0.15, 0.2) is 0 Å². The van der Waals surface area contributed by atoms with Gasteiger partial charge in [0.1, 0.15) is 6.10 Å². The van der Waals surface area contributed by atoms with E-state index >= 15 is 0 Å². The van der Waals surface area contributed by atoms with E-state index in [0.29, 0.717) is 22.5 Å². The van der Waals surface area contributed by atoms with Crippen molar-refractivity contribution in [1.82, 2.24) is 0 Å². The van der Waals surface area contributed by atoms with E-state index in [-0.39, 0.29) is 0 Å². The molecule has 2 unspecified atom stereocenters. The number of aliphatic hydroxyl groups excluding tert-OH is 1. The average molecular weight is 289 g/mol. The van der Waals surface area contributed by atoms with Gasteiger partial charge in [-0.1, -0.05) is 36.4 Å². The van der Waals surface area contributed by atoms with Gasteiger partial charge in [-0.25, -0.2) is 4.79 Å². The van der Waals surface area contributed by atoms with Gasteiger partial charge in [0, 0.05) is 5.56 Å². The number of halogens is 1. The lowest BCUT2D eigenvalue weighted by molar-refractivity contribution is 0.174. The Labute approximate surface area is 121 Å². The smallest absolute Gasteiger partial charge is 0.323 e. The molecule has 0 radical (unpaired) electrons. The van der Waals surface area contributed by atoms with Gasteiger partial charge in [0.05, 0.1) is 16.8 Å². The highest BCUT2D eigenvalue weighted by Crippen LogP contribution is 2.47. The standard InChI is InChI=1S/C15H13ClN2O2/c16-13-9-5-1-3-7-11(9)18(15(17)20)12-8-4-2-6-10(12)14(13)19/h1-8,13-14,19H,(H2,17,20). The van der Waals surface area contributed by atoms with Gasteiger partial charge in [-0.05, 0) is 17.7 Å². The molecular weight excluding hydrogens is 276 g/mol. The van der Waals surface area contributed by atoms with Gasteiger partial charge >= 0.3 is 6.03 Å². The van der Waals surface area contributed by atoms with Crippen molar-refractivity contribution in [3.8, 4) is 0 Å². The zero-order valence-corrected chi connectivity index (χ0v) is 11.3. The van der Waals surface area contributed by atoms with Crippen molar-refractivity contribution in [3.63, 3.8) is 0 Å². The molecule has 2 amide bonds. The van der Waals surface area contributed by atoms with Crippen LogP contribution < -0.4 is 10.6 Å². The monoisotopic (exact) mass is 288 g/mol. The predicted octanol–water partition coefficient (Wildman–Crippen LogP) is 3.23. The summed E-state index contributed by atoms with van der Waals surface area (Å²) in [5, 5.41) is 9.80. The first-order valence-corrected chi connectivity index (χ1v) is 6.64. The van der Waals surface area contributed by atoms with E-state index in [1.807, 2.05) is 6.07 Å². The summed E-state index contributed by atoms with van der Waals surface area (Å²) in [6.45, 7) is 0. The Morgan fingerprint density at radius 2 is 1.55 bits per heavy atom. The highest BCUT2D eigenvalue weighted by atomic mass is 35.5. The number of aliphatic hydroxyl groups is 1. The van der Waals surface area contributed by atoms with Crippen LogP contribution in [0.15, 0.2) is 48.5 Å². The maximum Gasteiger partial charge on any atom is 0.323 e. The fourth-order valence-corrected chi connectivity index (χ4v) is 2.88. The number of amides is 2. The molecule has 0 bridgehead atoms. The van der Waals surface area contributed by atoms with E-state index < -0.39 is 17.5 Å². The molecule has 0 aromatic heterocycles. The fraction of sp³-hybridized carbons (Fsp3) is 0.133. The molecule has 2 aromatic carbocycles. The van der Waals surface area contributed by atoms with Crippen LogP contribution in [0.5, 0.6) is 0 Å². The molecule has 4 nitrogen and oxygen atoms in total. The molecule has 102 valence electrons. The third-order valence-corrected chi connectivity index (χ3v) is 3.94.